The number of halogens is 1. The maximum atomic E-state index is 3.68. The molecule has 3 atom stereocenters. The van der Waals surface area contributed by atoms with Crippen LogP contribution in [0.2, 0.25) is 0 Å². The van der Waals surface area contributed by atoms with Crippen molar-refractivity contribution >= 4 is 28.3 Å². The van der Waals surface area contributed by atoms with E-state index >= 15 is 0 Å². The summed E-state index contributed by atoms with van der Waals surface area (Å²) in [6, 6.07) is 9.37. The van der Waals surface area contributed by atoms with Gasteiger partial charge in [-0.2, -0.15) is 0 Å². The number of hydrogen-bond acceptors (Lipinski definition) is 1. The van der Waals surface area contributed by atoms with Gasteiger partial charge in [0.05, 0.1) is 0 Å². The van der Waals surface area contributed by atoms with Crippen LogP contribution < -0.4 is 5.32 Å². The lowest BCUT2D eigenvalue weighted by Gasteiger charge is -2.34. The van der Waals surface area contributed by atoms with Crippen LogP contribution in [0.4, 0.5) is 5.69 Å². The molecule has 1 aliphatic rings. The van der Waals surface area contributed by atoms with E-state index in [0.717, 1.165) is 11.8 Å². The minimum Gasteiger partial charge on any atom is -0.382 e. The highest BCUT2D eigenvalue weighted by Crippen LogP contribution is 2.30. The Morgan fingerprint density at radius 2 is 1.81 bits per heavy atom. The van der Waals surface area contributed by atoms with Crippen molar-refractivity contribution in [2.75, 3.05) is 5.32 Å². The molecule has 1 nitrogen and oxygen atoms in total. The number of rotatable bonds is 2. The summed E-state index contributed by atoms with van der Waals surface area (Å²) in [5.74, 6) is 1.67. The SMILES string of the molecule is CC1CCC(C)C(Nc2ccc(I)cc2)C1. The zero-order valence-electron chi connectivity index (χ0n) is 10.0. The number of hydrogen-bond donors (Lipinski definition) is 1. The van der Waals surface area contributed by atoms with E-state index in [1.807, 2.05) is 0 Å². The average Bonchev–Trinajstić information content (AvgIpc) is 2.27. The second-order valence-electron chi connectivity index (χ2n) is 5.15. The zero-order chi connectivity index (χ0) is 11.5. The fourth-order valence-corrected chi connectivity index (χ4v) is 2.85. The summed E-state index contributed by atoms with van der Waals surface area (Å²) < 4.78 is 1.30. The van der Waals surface area contributed by atoms with Crippen LogP contribution in [0.1, 0.15) is 33.1 Å². The Bertz CT molecular complexity index is 333. The van der Waals surface area contributed by atoms with Crippen molar-refractivity contribution in [3.8, 4) is 0 Å². The Balaban J connectivity index is 2.00. The molecule has 16 heavy (non-hydrogen) atoms. The van der Waals surface area contributed by atoms with Gasteiger partial charge in [0.1, 0.15) is 0 Å². The molecule has 1 aromatic carbocycles. The molecule has 88 valence electrons. The molecule has 0 heterocycles. The second-order valence-corrected chi connectivity index (χ2v) is 6.40. The van der Waals surface area contributed by atoms with Crippen LogP contribution in [0.15, 0.2) is 24.3 Å². The molecule has 1 fully saturated rings. The molecule has 1 aromatic rings. The molecule has 1 saturated carbocycles. The van der Waals surface area contributed by atoms with Gasteiger partial charge >= 0.3 is 0 Å². The van der Waals surface area contributed by atoms with Crippen molar-refractivity contribution in [2.45, 2.75) is 39.2 Å². The van der Waals surface area contributed by atoms with Crippen LogP contribution in [-0.2, 0) is 0 Å². The topological polar surface area (TPSA) is 12.0 Å². The van der Waals surface area contributed by atoms with Gasteiger partial charge in [-0.15, -0.1) is 0 Å². The van der Waals surface area contributed by atoms with E-state index in [1.165, 1.54) is 28.5 Å². The molecule has 0 spiro atoms. The van der Waals surface area contributed by atoms with Crippen molar-refractivity contribution in [3.63, 3.8) is 0 Å². The average molecular weight is 329 g/mol. The van der Waals surface area contributed by atoms with E-state index in [2.05, 4.69) is 66.0 Å². The summed E-state index contributed by atoms with van der Waals surface area (Å²) in [7, 11) is 0. The predicted octanol–water partition coefficient (Wildman–Crippen LogP) is 4.53. The van der Waals surface area contributed by atoms with Crippen LogP contribution in [-0.4, -0.2) is 6.04 Å². The Morgan fingerprint density at radius 1 is 1.12 bits per heavy atom. The van der Waals surface area contributed by atoms with Crippen molar-refractivity contribution in [3.05, 3.63) is 27.8 Å². The van der Waals surface area contributed by atoms with Gasteiger partial charge in [-0.25, -0.2) is 0 Å². The largest absolute Gasteiger partial charge is 0.382 e. The molecule has 2 rings (SSSR count). The van der Waals surface area contributed by atoms with Crippen molar-refractivity contribution in [2.24, 2.45) is 11.8 Å². The highest BCUT2D eigenvalue weighted by molar-refractivity contribution is 14.1. The lowest BCUT2D eigenvalue weighted by atomic mass is 9.80. The first-order chi connectivity index (χ1) is 7.65. The van der Waals surface area contributed by atoms with Gasteiger partial charge in [0.15, 0.2) is 0 Å². The van der Waals surface area contributed by atoms with E-state index in [0.29, 0.717) is 6.04 Å². The van der Waals surface area contributed by atoms with Gasteiger partial charge in [-0.05, 0) is 71.5 Å². The molecule has 1 aliphatic carbocycles. The third-order valence-electron chi connectivity index (χ3n) is 3.65. The highest BCUT2D eigenvalue weighted by atomic mass is 127. The van der Waals surface area contributed by atoms with Gasteiger partial charge in [0, 0.05) is 15.3 Å². The summed E-state index contributed by atoms with van der Waals surface area (Å²) in [6.45, 7) is 4.74. The molecule has 3 unspecified atom stereocenters. The Hall–Kier alpha value is -0.250. The molecule has 0 saturated heterocycles. The second kappa shape index (κ2) is 5.39. The summed E-state index contributed by atoms with van der Waals surface area (Å²) in [5.41, 5.74) is 1.27. The van der Waals surface area contributed by atoms with E-state index in [-0.39, 0.29) is 0 Å². The summed E-state index contributed by atoms with van der Waals surface area (Å²) >= 11 is 2.35. The van der Waals surface area contributed by atoms with E-state index < -0.39 is 0 Å². The smallest absolute Gasteiger partial charge is 0.0343 e. The van der Waals surface area contributed by atoms with Crippen molar-refractivity contribution in [1.29, 1.82) is 0 Å². The van der Waals surface area contributed by atoms with Crippen molar-refractivity contribution < 1.29 is 0 Å². The first kappa shape index (κ1) is 12.2. The van der Waals surface area contributed by atoms with Crippen LogP contribution in [0.5, 0.6) is 0 Å². The monoisotopic (exact) mass is 329 g/mol. The Kier molecular flexibility index (Phi) is 4.11. The maximum absolute atomic E-state index is 3.68. The molecule has 0 radical (unpaired) electrons. The van der Waals surface area contributed by atoms with Crippen LogP contribution in [0, 0.1) is 15.4 Å². The first-order valence-corrected chi connectivity index (χ1v) is 7.25. The highest BCUT2D eigenvalue weighted by Gasteiger charge is 2.24. The van der Waals surface area contributed by atoms with Crippen LogP contribution in [0.25, 0.3) is 0 Å². The standard InChI is InChI=1S/C14H20IN/c1-10-3-4-11(2)14(9-10)16-13-7-5-12(15)6-8-13/h5-8,10-11,14,16H,3-4,9H2,1-2H3. The molecule has 0 aromatic heterocycles. The first-order valence-electron chi connectivity index (χ1n) is 6.17. The molecule has 1 N–H and O–H groups in total. The van der Waals surface area contributed by atoms with E-state index in [1.54, 1.807) is 0 Å². The molecule has 0 aliphatic heterocycles. The summed E-state index contributed by atoms with van der Waals surface area (Å²) in [6.07, 6.45) is 4.07. The third kappa shape index (κ3) is 3.12. The molecule has 0 amide bonds. The lowest BCUT2D eigenvalue weighted by molar-refractivity contribution is 0.281. The quantitative estimate of drug-likeness (QED) is 0.786. The van der Waals surface area contributed by atoms with E-state index in [9.17, 15) is 0 Å². The fourth-order valence-electron chi connectivity index (χ4n) is 2.49. The zero-order valence-corrected chi connectivity index (χ0v) is 12.2. The molecule has 0 bridgehead atoms. The third-order valence-corrected chi connectivity index (χ3v) is 4.37. The summed E-state index contributed by atoms with van der Waals surface area (Å²) in [4.78, 5) is 0. The van der Waals surface area contributed by atoms with Crippen molar-refractivity contribution in [1.82, 2.24) is 0 Å². The van der Waals surface area contributed by atoms with Gasteiger partial charge < -0.3 is 5.32 Å². The number of benzene rings is 1. The van der Waals surface area contributed by atoms with Gasteiger partial charge in [-0.3, -0.25) is 0 Å². The van der Waals surface area contributed by atoms with Gasteiger partial charge in [0.25, 0.3) is 0 Å². The number of nitrogens with one attached hydrogen (secondary N) is 1. The molecular weight excluding hydrogens is 309 g/mol. The molecular formula is C14H20IN. The van der Waals surface area contributed by atoms with Gasteiger partial charge in [0.2, 0.25) is 0 Å². The maximum Gasteiger partial charge on any atom is 0.0343 e. The predicted molar refractivity (Wildman–Crippen MR) is 78.7 cm³/mol. The minimum atomic E-state index is 0.656. The Labute approximate surface area is 112 Å². The number of anilines is 1. The van der Waals surface area contributed by atoms with Crippen LogP contribution in [0.3, 0.4) is 0 Å². The summed E-state index contributed by atoms with van der Waals surface area (Å²) in [5, 5.41) is 3.68. The lowest BCUT2D eigenvalue weighted by Crippen LogP contribution is -2.33. The molecule has 2 heteroatoms. The minimum absolute atomic E-state index is 0.656. The van der Waals surface area contributed by atoms with E-state index in [4.69, 9.17) is 0 Å². The van der Waals surface area contributed by atoms with Crippen LogP contribution >= 0.6 is 22.6 Å². The Morgan fingerprint density at radius 3 is 2.50 bits per heavy atom. The fraction of sp³-hybridized carbons (Fsp3) is 0.571. The normalized spacial score (nSPS) is 30.1. The van der Waals surface area contributed by atoms with Gasteiger partial charge in [-0.1, -0.05) is 20.3 Å².